The number of nitrogens with one attached hydrogen (secondary N) is 3. The number of rotatable bonds is 3. The standard InChI is InChI=1S/C17H21N7O3/c25-15(24-8-1-4-17(5-9-24)11-20-16(26)27-17)19-10-13-21-14(23-22-13)12-2-6-18-7-3-12/h2-3,6-7H,1,4-5,8-11H2,(H,19,25)(H,20,26)(H,21,22,23). The third-order valence-electron chi connectivity index (χ3n) is 4.93. The number of pyridine rings is 1. The van der Waals surface area contributed by atoms with Crippen LogP contribution in [0.3, 0.4) is 0 Å². The molecule has 4 heterocycles. The van der Waals surface area contributed by atoms with Crippen molar-refractivity contribution in [1.29, 1.82) is 0 Å². The summed E-state index contributed by atoms with van der Waals surface area (Å²) < 4.78 is 5.44. The lowest BCUT2D eigenvalue weighted by atomic mass is 9.95. The van der Waals surface area contributed by atoms with Crippen LogP contribution in [0.15, 0.2) is 24.5 Å². The predicted molar refractivity (Wildman–Crippen MR) is 94.5 cm³/mol. The summed E-state index contributed by atoms with van der Waals surface area (Å²) in [5.74, 6) is 1.14. The van der Waals surface area contributed by atoms with Crippen LogP contribution >= 0.6 is 0 Å². The Bertz CT molecular complexity index is 825. The van der Waals surface area contributed by atoms with Gasteiger partial charge in [0.2, 0.25) is 0 Å². The van der Waals surface area contributed by atoms with E-state index in [1.807, 2.05) is 12.1 Å². The van der Waals surface area contributed by atoms with E-state index < -0.39 is 5.60 Å². The van der Waals surface area contributed by atoms with Crippen molar-refractivity contribution < 1.29 is 14.3 Å². The van der Waals surface area contributed by atoms with Crippen molar-refractivity contribution in [1.82, 2.24) is 35.7 Å². The van der Waals surface area contributed by atoms with Crippen molar-refractivity contribution >= 4 is 12.1 Å². The van der Waals surface area contributed by atoms with Crippen LogP contribution < -0.4 is 10.6 Å². The number of aromatic amines is 1. The first-order valence-electron chi connectivity index (χ1n) is 8.95. The summed E-state index contributed by atoms with van der Waals surface area (Å²) >= 11 is 0. The number of amides is 3. The van der Waals surface area contributed by atoms with Gasteiger partial charge < -0.3 is 20.3 Å². The number of likely N-dealkylation sites (tertiary alicyclic amines) is 1. The van der Waals surface area contributed by atoms with E-state index >= 15 is 0 Å². The molecule has 2 aliphatic heterocycles. The van der Waals surface area contributed by atoms with Crippen molar-refractivity contribution in [3.05, 3.63) is 30.4 Å². The zero-order chi connectivity index (χ0) is 18.7. The molecule has 2 aromatic rings. The minimum Gasteiger partial charge on any atom is -0.441 e. The van der Waals surface area contributed by atoms with E-state index in [0.717, 1.165) is 18.4 Å². The molecule has 0 aromatic carbocycles. The third-order valence-corrected chi connectivity index (χ3v) is 4.93. The molecule has 2 fully saturated rings. The van der Waals surface area contributed by atoms with E-state index in [4.69, 9.17) is 4.74 Å². The van der Waals surface area contributed by atoms with Crippen LogP contribution in [0.2, 0.25) is 0 Å². The number of nitrogens with zero attached hydrogens (tertiary/aromatic N) is 4. The molecule has 1 spiro atoms. The minimum absolute atomic E-state index is 0.161. The molecule has 1 unspecified atom stereocenters. The van der Waals surface area contributed by atoms with Gasteiger partial charge in [-0.05, 0) is 25.0 Å². The molecular formula is C17H21N7O3. The molecule has 2 aromatic heterocycles. The molecule has 0 aliphatic carbocycles. The first-order valence-corrected chi connectivity index (χ1v) is 8.95. The van der Waals surface area contributed by atoms with E-state index in [-0.39, 0.29) is 18.7 Å². The van der Waals surface area contributed by atoms with Crippen molar-refractivity contribution in [3.8, 4) is 11.4 Å². The van der Waals surface area contributed by atoms with Gasteiger partial charge in [-0.25, -0.2) is 14.6 Å². The van der Waals surface area contributed by atoms with Gasteiger partial charge in [-0.2, -0.15) is 5.10 Å². The Morgan fingerprint density at radius 3 is 2.93 bits per heavy atom. The number of carbonyl (C=O) groups excluding carboxylic acids is 2. The summed E-state index contributed by atoms with van der Waals surface area (Å²) in [7, 11) is 0. The Labute approximate surface area is 155 Å². The molecule has 0 saturated carbocycles. The lowest BCUT2D eigenvalue weighted by Crippen LogP contribution is -2.41. The number of ether oxygens (including phenoxy) is 1. The van der Waals surface area contributed by atoms with Crippen LogP contribution in [0.25, 0.3) is 11.4 Å². The number of H-pyrrole nitrogens is 1. The zero-order valence-electron chi connectivity index (χ0n) is 14.8. The first-order chi connectivity index (χ1) is 13.1. The highest BCUT2D eigenvalue weighted by Gasteiger charge is 2.41. The molecule has 4 rings (SSSR count). The predicted octanol–water partition coefficient (Wildman–Crippen LogP) is 1.04. The SMILES string of the molecule is O=C1NCC2(CCCN(C(=O)NCc3nc(-c4ccncc4)n[nH]3)CC2)O1. The topological polar surface area (TPSA) is 125 Å². The van der Waals surface area contributed by atoms with E-state index in [1.165, 1.54) is 0 Å². The number of hydrogen-bond acceptors (Lipinski definition) is 6. The molecular weight excluding hydrogens is 350 g/mol. The highest BCUT2D eigenvalue weighted by atomic mass is 16.6. The fourth-order valence-corrected chi connectivity index (χ4v) is 3.43. The van der Waals surface area contributed by atoms with Crippen LogP contribution in [-0.4, -0.2) is 62.4 Å². The molecule has 27 heavy (non-hydrogen) atoms. The quantitative estimate of drug-likeness (QED) is 0.740. The van der Waals surface area contributed by atoms with Crippen molar-refractivity contribution in [3.63, 3.8) is 0 Å². The second-order valence-electron chi connectivity index (χ2n) is 6.77. The molecule has 2 aliphatic rings. The Morgan fingerprint density at radius 1 is 1.30 bits per heavy atom. The number of hydrogen-bond donors (Lipinski definition) is 3. The molecule has 10 nitrogen and oxygen atoms in total. The molecule has 0 bridgehead atoms. The van der Waals surface area contributed by atoms with Crippen LogP contribution in [-0.2, 0) is 11.3 Å². The number of carbonyl (C=O) groups is 2. The van der Waals surface area contributed by atoms with E-state index in [1.54, 1.807) is 17.3 Å². The molecule has 142 valence electrons. The van der Waals surface area contributed by atoms with Crippen molar-refractivity contribution in [2.45, 2.75) is 31.4 Å². The average Bonchev–Trinajstić information content (AvgIpc) is 3.24. The third kappa shape index (κ3) is 3.83. The largest absolute Gasteiger partial charge is 0.441 e. The van der Waals surface area contributed by atoms with Crippen molar-refractivity contribution in [2.75, 3.05) is 19.6 Å². The Hall–Kier alpha value is -3.17. The minimum atomic E-state index is -0.476. The molecule has 10 heteroatoms. The lowest BCUT2D eigenvalue weighted by molar-refractivity contribution is 0.0453. The summed E-state index contributed by atoms with van der Waals surface area (Å²) in [4.78, 5) is 34.0. The fraction of sp³-hybridized carbons (Fsp3) is 0.471. The maximum absolute atomic E-state index is 12.5. The molecule has 1 atom stereocenters. The van der Waals surface area contributed by atoms with Gasteiger partial charge in [-0.3, -0.25) is 10.1 Å². The van der Waals surface area contributed by atoms with E-state index in [9.17, 15) is 9.59 Å². The van der Waals surface area contributed by atoms with Gasteiger partial charge in [-0.1, -0.05) is 0 Å². The van der Waals surface area contributed by atoms with Gasteiger partial charge in [0.25, 0.3) is 0 Å². The maximum atomic E-state index is 12.5. The Balaban J connectivity index is 1.31. The van der Waals surface area contributed by atoms with Gasteiger partial charge in [-0.15, -0.1) is 0 Å². The van der Waals surface area contributed by atoms with Gasteiger partial charge in [0.1, 0.15) is 11.4 Å². The zero-order valence-corrected chi connectivity index (χ0v) is 14.8. The van der Waals surface area contributed by atoms with Gasteiger partial charge in [0.05, 0.1) is 13.1 Å². The number of aromatic nitrogens is 4. The van der Waals surface area contributed by atoms with Gasteiger partial charge >= 0.3 is 12.1 Å². The summed E-state index contributed by atoms with van der Waals surface area (Å²) in [5.41, 5.74) is 0.382. The Morgan fingerprint density at radius 2 is 2.15 bits per heavy atom. The number of urea groups is 1. The second kappa shape index (κ2) is 7.22. The van der Waals surface area contributed by atoms with Crippen LogP contribution in [0.1, 0.15) is 25.1 Å². The van der Waals surface area contributed by atoms with Crippen LogP contribution in [0, 0.1) is 0 Å². The summed E-state index contributed by atoms with van der Waals surface area (Å²) in [5, 5.41) is 12.6. The highest BCUT2D eigenvalue weighted by Crippen LogP contribution is 2.29. The summed E-state index contributed by atoms with van der Waals surface area (Å²) in [6, 6.07) is 3.48. The number of alkyl carbamates (subject to hydrolysis) is 1. The Kier molecular flexibility index (Phi) is 4.61. The van der Waals surface area contributed by atoms with Crippen molar-refractivity contribution in [2.24, 2.45) is 0 Å². The summed E-state index contributed by atoms with van der Waals surface area (Å²) in [6.45, 7) is 1.94. The van der Waals surface area contributed by atoms with E-state index in [0.29, 0.717) is 37.7 Å². The second-order valence-corrected chi connectivity index (χ2v) is 6.77. The van der Waals surface area contributed by atoms with Crippen LogP contribution in [0.4, 0.5) is 9.59 Å². The maximum Gasteiger partial charge on any atom is 0.407 e. The molecule has 0 radical (unpaired) electrons. The van der Waals surface area contributed by atoms with Gasteiger partial charge in [0.15, 0.2) is 5.82 Å². The fourth-order valence-electron chi connectivity index (χ4n) is 3.43. The lowest BCUT2D eigenvalue weighted by Gasteiger charge is -2.25. The summed E-state index contributed by atoms with van der Waals surface area (Å²) in [6.07, 6.45) is 5.16. The molecule has 3 amide bonds. The average molecular weight is 371 g/mol. The molecule has 2 saturated heterocycles. The van der Waals surface area contributed by atoms with Crippen LogP contribution in [0.5, 0.6) is 0 Å². The smallest absolute Gasteiger partial charge is 0.407 e. The first kappa shape index (κ1) is 17.3. The van der Waals surface area contributed by atoms with E-state index in [2.05, 4.69) is 30.8 Å². The monoisotopic (exact) mass is 371 g/mol. The van der Waals surface area contributed by atoms with Gasteiger partial charge in [0, 0.05) is 37.5 Å². The highest BCUT2D eigenvalue weighted by molar-refractivity contribution is 5.74. The normalized spacial score (nSPS) is 22.2. The molecule has 3 N–H and O–H groups in total.